The van der Waals surface area contributed by atoms with Gasteiger partial charge in [-0.1, -0.05) is 24.3 Å². The number of carbonyl (C=O) groups is 1. The van der Waals surface area contributed by atoms with Crippen LogP contribution in [0.2, 0.25) is 0 Å². The molecule has 0 saturated carbocycles. The summed E-state index contributed by atoms with van der Waals surface area (Å²) < 4.78 is 41.0. The first-order chi connectivity index (χ1) is 18.4. The molecule has 11 heteroatoms. The van der Waals surface area contributed by atoms with Crippen LogP contribution < -0.4 is 16.2 Å². The van der Waals surface area contributed by atoms with Crippen LogP contribution in [0, 0.1) is 5.82 Å². The number of aromatic nitrogens is 3. The Kier molecular flexibility index (Phi) is 7.18. The lowest BCUT2D eigenvalue weighted by atomic mass is 10.2. The molecular weight excluding hydrogens is 507 g/mol. The Bertz CT molecular complexity index is 1650. The van der Waals surface area contributed by atoms with Gasteiger partial charge in [0, 0.05) is 29.9 Å². The number of nitrogens with zero attached hydrogens (tertiary/aromatic N) is 2. The van der Waals surface area contributed by atoms with E-state index in [0.717, 1.165) is 31.0 Å². The number of hydrogen-bond donors (Lipinski definition) is 4. The highest BCUT2D eigenvalue weighted by molar-refractivity contribution is 7.91. The molecule has 0 unspecified atom stereocenters. The van der Waals surface area contributed by atoms with Crippen LogP contribution in [0.5, 0.6) is 0 Å². The first kappa shape index (κ1) is 25.2. The molecule has 1 amide bonds. The van der Waals surface area contributed by atoms with Crippen molar-refractivity contribution in [3.8, 4) is 0 Å². The van der Waals surface area contributed by atoms with Crippen LogP contribution in [-0.2, 0) is 16.4 Å². The maximum atomic E-state index is 14.9. The molecule has 194 valence electrons. The lowest BCUT2D eigenvalue weighted by Crippen LogP contribution is -2.22. The third kappa shape index (κ3) is 5.57. The van der Waals surface area contributed by atoms with Gasteiger partial charge in [-0.3, -0.25) is 9.89 Å². The Morgan fingerprint density at radius 2 is 1.89 bits per heavy atom. The number of hydrogen-bond acceptors (Lipinski definition) is 7. The molecule has 0 aliphatic heterocycles. The molecule has 0 atom stereocenters. The molecule has 1 aliphatic carbocycles. The van der Waals surface area contributed by atoms with Crippen molar-refractivity contribution in [1.82, 2.24) is 25.9 Å². The summed E-state index contributed by atoms with van der Waals surface area (Å²) in [5, 5.41) is 10.1. The zero-order chi connectivity index (χ0) is 26.5. The van der Waals surface area contributed by atoms with E-state index in [1.165, 1.54) is 30.5 Å². The van der Waals surface area contributed by atoms with Crippen LogP contribution in [0.4, 0.5) is 10.1 Å². The summed E-state index contributed by atoms with van der Waals surface area (Å²) in [5.41, 5.74) is 8.98. The second-order valence-electron chi connectivity index (χ2n) is 8.77. The molecule has 2 heterocycles. The van der Waals surface area contributed by atoms with Crippen molar-refractivity contribution in [2.24, 2.45) is 0 Å². The second-order valence-corrected chi connectivity index (χ2v) is 10.7. The van der Waals surface area contributed by atoms with E-state index in [4.69, 9.17) is 0 Å². The van der Waals surface area contributed by atoms with Crippen molar-refractivity contribution in [2.75, 3.05) is 5.43 Å². The lowest BCUT2D eigenvalue weighted by Gasteiger charge is -2.13. The molecule has 0 saturated heterocycles. The lowest BCUT2D eigenvalue weighted by molar-refractivity contribution is 0.0950. The summed E-state index contributed by atoms with van der Waals surface area (Å²) >= 11 is 0. The van der Waals surface area contributed by atoms with Crippen molar-refractivity contribution in [3.63, 3.8) is 0 Å². The minimum Gasteiger partial charge on any atom is -0.348 e. The topological polar surface area (TPSA) is 129 Å². The highest BCUT2D eigenvalue weighted by Crippen LogP contribution is 2.26. The van der Waals surface area contributed by atoms with Gasteiger partial charge < -0.3 is 16.2 Å². The maximum Gasteiger partial charge on any atom is 0.253 e. The fourth-order valence-electron chi connectivity index (χ4n) is 3.99. The van der Waals surface area contributed by atoms with E-state index in [2.05, 4.69) is 37.4 Å². The minimum absolute atomic E-state index is 0.0460. The summed E-state index contributed by atoms with van der Waals surface area (Å²) in [6.45, 7) is 0.177. The molecule has 2 aromatic heterocycles. The Labute approximate surface area is 218 Å². The van der Waals surface area contributed by atoms with Gasteiger partial charge in [-0.2, -0.15) is 5.10 Å². The fraction of sp³-hybridized carbons (Fsp3) is 0.148. The van der Waals surface area contributed by atoms with Crippen LogP contribution in [-0.4, -0.2) is 29.5 Å². The van der Waals surface area contributed by atoms with Gasteiger partial charge in [0.25, 0.3) is 5.91 Å². The highest BCUT2D eigenvalue weighted by atomic mass is 32.2. The largest absolute Gasteiger partial charge is 0.348 e. The van der Waals surface area contributed by atoms with E-state index >= 15 is 0 Å². The molecular formula is C27H25FN6O3S. The zero-order valence-electron chi connectivity index (χ0n) is 20.2. The smallest absolute Gasteiger partial charge is 0.253 e. The number of halogens is 1. The van der Waals surface area contributed by atoms with Gasteiger partial charge in [-0.15, -0.1) is 0 Å². The Morgan fingerprint density at radius 3 is 2.71 bits per heavy atom. The Morgan fingerprint density at radius 1 is 1.05 bits per heavy atom. The molecule has 4 aromatic rings. The van der Waals surface area contributed by atoms with Crippen molar-refractivity contribution in [3.05, 3.63) is 102 Å². The number of carbonyl (C=O) groups excluding carboxylic acids is 1. The van der Waals surface area contributed by atoms with E-state index in [1.807, 2.05) is 12.2 Å². The molecule has 0 spiro atoms. The summed E-state index contributed by atoms with van der Waals surface area (Å²) in [6, 6.07) is 11.5. The van der Waals surface area contributed by atoms with Gasteiger partial charge in [0.2, 0.25) is 9.84 Å². The predicted octanol–water partition coefficient (Wildman–Crippen LogP) is 4.40. The molecule has 0 fully saturated rings. The average molecular weight is 533 g/mol. The summed E-state index contributed by atoms with van der Waals surface area (Å²) in [4.78, 5) is 16.2. The molecule has 9 nitrogen and oxygen atoms in total. The standard InChI is InChI=1S/C27H25FN6O3S/c28-24-14-22(33-32-21-5-3-1-2-4-6-21)9-12-25(24)38(36,37)23-10-7-18(8-11-23)15-30-27(35)20-13-19-17-31-34-26(19)29-16-20/h1,3,5,7-14,16-17,32-33H,2,4,6,15H2,(H,30,35)(H,29,31,34). The van der Waals surface area contributed by atoms with Crippen molar-refractivity contribution in [1.29, 1.82) is 0 Å². The molecule has 4 N–H and O–H groups in total. The van der Waals surface area contributed by atoms with Gasteiger partial charge in [0.15, 0.2) is 5.65 Å². The fourth-order valence-corrected chi connectivity index (χ4v) is 5.30. The van der Waals surface area contributed by atoms with Crippen LogP contribution in [0.1, 0.15) is 35.2 Å². The molecule has 0 radical (unpaired) electrons. The normalized spacial score (nSPS) is 13.6. The van der Waals surface area contributed by atoms with Gasteiger partial charge in [-0.05, 0) is 61.2 Å². The number of anilines is 1. The number of allylic oxidation sites excluding steroid dienone is 4. The average Bonchev–Trinajstić information content (AvgIpc) is 3.24. The second kappa shape index (κ2) is 10.9. The number of aromatic amines is 1. The summed E-state index contributed by atoms with van der Waals surface area (Å²) in [7, 11) is -4.08. The minimum atomic E-state index is -4.08. The first-order valence-electron chi connectivity index (χ1n) is 12.0. The molecule has 5 rings (SSSR count). The van der Waals surface area contributed by atoms with Crippen LogP contribution in [0.15, 0.2) is 94.6 Å². The number of benzene rings is 2. The van der Waals surface area contributed by atoms with Crippen LogP contribution in [0.25, 0.3) is 11.0 Å². The van der Waals surface area contributed by atoms with Gasteiger partial charge in [-0.25, -0.2) is 17.8 Å². The van der Waals surface area contributed by atoms with E-state index in [0.29, 0.717) is 27.8 Å². The number of amides is 1. The maximum absolute atomic E-state index is 14.9. The monoisotopic (exact) mass is 532 g/mol. The summed E-state index contributed by atoms with van der Waals surface area (Å²) in [6.07, 6.45) is 11.9. The molecule has 38 heavy (non-hydrogen) atoms. The van der Waals surface area contributed by atoms with Crippen molar-refractivity contribution >= 4 is 32.5 Å². The number of pyridine rings is 1. The Hall–Kier alpha value is -4.51. The van der Waals surface area contributed by atoms with E-state index in [1.54, 1.807) is 24.4 Å². The highest BCUT2D eigenvalue weighted by Gasteiger charge is 2.22. The SMILES string of the molecule is O=C(NCc1ccc(S(=O)(=O)c2ccc(NNC3=CC=CCCC3)cc2F)cc1)c1cnc2[nH]ncc2c1. The zero-order valence-corrected chi connectivity index (χ0v) is 21.1. The van der Waals surface area contributed by atoms with E-state index < -0.39 is 20.5 Å². The van der Waals surface area contributed by atoms with Gasteiger partial charge >= 0.3 is 0 Å². The number of nitrogens with one attached hydrogen (secondary N) is 4. The predicted molar refractivity (Wildman–Crippen MR) is 141 cm³/mol. The van der Waals surface area contributed by atoms with E-state index in [9.17, 15) is 17.6 Å². The van der Waals surface area contributed by atoms with Crippen molar-refractivity contribution < 1.29 is 17.6 Å². The number of H-pyrrole nitrogens is 1. The van der Waals surface area contributed by atoms with Crippen LogP contribution in [0.3, 0.4) is 0 Å². The van der Waals surface area contributed by atoms with Crippen molar-refractivity contribution in [2.45, 2.75) is 35.6 Å². The van der Waals surface area contributed by atoms with Crippen LogP contribution >= 0.6 is 0 Å². The third-order valence-electron chi connectivity index (χ3n) is 6.08. The number of rotatable bonds is 8. The molecule has 2 aromatic carbocycles. The Balaban J connectivity index is 1.22. The van der Waals surface area contributed by atoms with E-state index in [-0.39, 0.29) is 17.3 Å². The number of fused-ring (bicyclic) bond motifs is 1. The first-order valence-corrected chi connectivity index (χ1v) is 13.5. The third-order valence-corrected chi connectivity index (χ3v) is 7.88. The quantitative estimate of drug-likeness (QED) is 0.248. The summed E-state index contributed by atoms with van der Waals surface area (Å²) in [5.74, 6) is -1.18. The van der Waals surface area contributed by atoms with Gasteiger partial charge in [0.05, 0.1) is 22.3 Å². The van der Waals surface area contributed by atoms with Gasteiger partial charge in [0.1, 0.15) is 10.7 Å². The number of sulfone groups is 1. The number of hydrazine groups is 1. The molecule has 1 aliphatic rings. The molecule has 0 bridgehead atoms.